The first-order valence-corrected chi connectivity index (χ1v) is 8.52. The van der Waals surface area contributed by atoms with Crippen LogP contribution in [0.1, 0.15) is 28.9 Å². The zero-order valence-corrected chi connectivity index (χ0v) is 15.3. The van der Waals surface area contributed by atoms with Crippen LogP contribution in [0.2, 0.25) is 0 Å². The van der Waals surface area contributed by atoms with Gasteiger partial charge in [-0.3, -0.25) is 9.59 Å². The molecule has 0 spiro atoms. The van der Waals surface area contributed by atoms with Gasteiger partial charge in [-0.25, -0.2) is 9.37 Å². The summed E-state index contributed by atoms with van der Waals surface area (Å²) in [6, 6.07) is 10.7. The number of hydrogen-bond acceptors (Lipinski definition) is 6. The van der Waals surface area contributed by atoms with Crippen molar-refractivity contribution in [2.75, 3.05) is 7.11 Å². The number of Topliss-reactive ketones (excluding diaryl/α,β-unsaturated/α-hetero) is 1. The minimum atomic E-state index is -1.18. The fraction of sp³-hybridized carbons (Fsp3) is 0.143. The Balaban J connectivity index is 2.26. The topological polar surface area (TPSA) is 121 Å². The number of carbonyl (C=O) groups excluding carboxylic acids is 1. The Bertz CT molecular complexity index is 1180. The molecule has 7 nitrogen and oxygen atoms in total. The molecular formula is C21H15FN2O5. The van der Waals surface area contributed by atoms with Crippen molar-refractivity contribution in [1.29, 1.82) is 5.26 Å². The van der Waals surface area contributed by atoms with Gasteiger partial charge in [0, 0.05) is 29.0 Å². The van der Waals surface area contributed by atoms with E-state index >= 15 is 0 Å². The number of ketones is 1. The highest BCUT2D eigenvalue weighted by Gasteiger charge is 2.22. The number of benzene rings is 2. The molecule has 0 amide bonds. The fourth-order valence-corrected chi connectivity index (χ4v) is 2.98. The number of carboxylic acid groups (broad SMARTS) is 1. The molecule has 0 fully saturated rings. The molecule has 0 unspecified atom stereocenters. The van der Waals surface area contributed by atoms with E-state index in [1.165, 1.54) is 25.3 Å². The van der Waals surface area contributed by atoms with Gasteiger partial charge in [-0.05, 0) is 12.1 Å². The summed E-state index contributed by atoms with van der Waals surface area (Å²) in [4.78, 5) is 27.3. The molecule has 0 bridgehead atoms. The molecular weight excluding hydrogens is 379 g/mol. The van der Waals surface area contributed by atoms with Gasteiger partial charge in [0.25, 0.3) is 0 Å². The number of hydrogen-bond donors (Lipinski definition) is 2. The minimum Gasteiger partial charge on any atom is -0.504 e. The summed E-state index contributed by atoms with van der Waals surface area (Å²) in [5, 5.41) is 28.9. The standard InChI is InChI=1S/C21H15FN2O5/c1-29-11-5-6-12(16(22)9-11)13-3-2-4-14-15(10-23)21(28)20(24-19(13)14)17(25)7-8-18(26)27/h2-6,9,28H,7-8H2,1H3,(H,26,27). The van der Waals surface area contributed by atoms with Gasteiger partial charge in [-0.1, -0.05) is 18.2 Å². The zero-order valence-electron chi connectivity index (χ0n) is 15.3. The van der Waals surface area contributed by atoms with Crippen molar-refractivity contribution in [3.63, 3.8) is 0 Å². The normalized spacial score (nSPS) is 10.5. The summed E-state index contributed by atoms with van der Waals surface area (Å²) in [5.41, 5.74) is 0.0135. The Hall–Kier alpha value is -3.99. The molecule has 2 aromatic carbocycles. The maximum absolute atomic E-state index is 14.6. The maximum atomic E-state index is 14.6. The summed E-state index contributed by atoms with van der Waals surface area (Å²) < 4.78 is 19.6. The largest absolute Gasteiger partial charge is 0.504 e. The van der Waals surface area contributed by atoms with Crippen molar-refractivity contribution >= 4 is 22.7 Å². The third kappa shape index (κ3) is 3.71. The van der Waals surface area contributed by atoms with Crippen LogP contribution in [0.4, 0.5) is 4.39 Å². The van der Waals surface area contributed by atoms with Crippen LogP contribution in [0.3, 0.4) is 0 Å². The number of para-hydroxylation sites is 1. The van der Waals surface area contributed by atoms with E-state index in [9.17, 15) is 24.3 Å². The number of ether oxygens (including phenoxy) is 1. The number of carboxylic acids is 1. The van der Waals surface area contributed by atoms with Crippen LogP contribution >= 0.6 is 0 Å². The lowest BCUT2D eigenvalue weighted by Gasteiger charge is -2.12. The molecule has 29 heavy (non-hydrogen) atoms. The quantitative estimate of drug-likeness (QED) is 0.612. The number of methoxy groups -OCH3 is 1. The lowest BCUT2D eigenvalue weighted by molar-refractivity contribution is -0.136. The molecule has 8 heteroatoms. The minimum absolute atomic E-state index is 0.143. The molecule has 3 rings (SSSR count). The first kappa shape index (κ1) is 19.8. The van der Waals surface area contributed by atoms with Crippen molar-refractivity contribution in [3.8, 4) is 28.7 Å². The molecule has 0 atom stereocenters. The number of carbonyl (C=O) groups is 2. The second-order valence-corrected chi connectivity index (χ2v) is 6.16. The molecule has 0 saturated carbocycles. The first-order chi connectivity index (χ1) is 13.9. The summed E-state index contributed by atoms with van der Waals surface area (Å²) in [5.74, 6) is -2.81. The van der Waals surface area contributed by atoms with Crippen molar-refractivity contribution < 1.29 is 28.9 Å². The van der Waals surface area contributed by atoms with E-state index in [2.05, 4.69) is 4.98 Å². The molecule has 0 saturated heterocycles. The monoisotopic (exact) mass is 394 g/mol. The van der Waals surface area contributed by atoms with Crippen molar-refractivity contribution in [3.05, 3.63) is 53.5 Å². The number of fused-ring (bicyclic) bond motifs is 1. The molecule has 0 radical (unpaired) electrons. The van der Waals surface area contributed by atoms with Gasteiger partial charge in [-0.15, -0.1) is 0 Å². The number of aliphatic carboxylic acids is 1. The van der Waals surface area contributed by atoms with Crippen LogP contribution in [-0.2, 0) is 4.79 Å². The average Bonchev–Trinajstić information content (AvgIpc) is 2.71. The highest BCUT2D eigenvalue weighted by molar-refractivity contribution is 6.05. The zero-order chi connectivity index (χ0) is 21.1. The third-order valence-electron chi connectivity index (χ3n) is 4.40. The Morgan fingerprint density at radius 3 is 2.59 bits per heavy atom. The lowest BCUT2D eigenvalue weighted by Crippen LogP contribution is -2.08. The lowest BCUT2D eigenvalue weighted by atomic mass is 9.97. The highest BCUT2D eigenvalue weighted by atomic mass is 19.1. The summed E-state index contributed by atoms with van der Waals surface area (Å²) in [6.07, 6.45) is -0.847. The Morgan fingerprint density at radius 2 is 1.97 bits per heavy atom. The van der Waals surface area contributed by atoms with E-state index in [-0.39, 0.29) is 22.0 Å². The van der Waals surface area contributed by atoms with Crippen LogP contribution in [0.25, 0.3) is 22.0 Å². The molecule has 0 aliphatic carbocycles. The second-order valence-electron chi connectivity index (χ2n) is 6.16. The average molecular weight is 394 g/mol. The molecule has 0 aliphatic rings. The SMILES string of the molecule is COc1ccc(-c2cccc3c(C#N)c(O)c(C(=O)CCC(=O)O)nc23)c(F)c1. The number of nitriles is 1. The Kier molecular flexibility index (Phi) is 5.41. The highest BCUT2D eigenvalue weighted by Crippen LogP contribution is 2.36. The van der Waals surface area contributed by atoms with E-state index in [1.54, 1.807) is 18.2 Å². The van der Waals surface area contributed by atoms with Crippen LogP contribution in [0, 0.1) is 17.1 Å². The van der Waals surface area contributed by atoms with E-state index in [0.29, 0.717) is 11.3 Å². The number of rotatable bonds is 6. The third-order valence-corrected chi connectivity index (χ3v) is 4.40. The number of halogens is 1. The predicted molar refractivity (Wildman–Crippen MR) is 101 cm³/mol. The Labute approximate surface area is 164 Å². The molecule has 2 N–H and O–H groups in total. The molecule has 146 valence electrons. The fourth-order valence-electron chi connectivity index (χ4n) is 2.98. The smallest absolute Gasteiger partial charge is 0.303 e. The number of aromatic hydroxyl groups is 1. The van der Waals surface area contributed by atoms with E-state index in [4.69, 9.17) is 9.84 Å². The van der Waals surface area contributed by atoms with Gasteiger partial charge < -0.3 is 14.9 Å². The molecule has 1 heterocycles. The molecule has 3 aromatic rings. The number of nitrogens with zero attached hydrogens (tertiary/aromatic N) is 2. The summed E-state index contributed by atoms with van der Waals surface area (Å²) in [7, 11) is 1.41. The van der Waals surface area contributed by atoms with E-state index in [1.807, 2.05) is 6.07 Å². The van der Waals surface area contributed by atoms with Crippen LogP contribution < -0.4 is 4.74 Å². The van der Waals surface area contributed by atoms with Crippen LogP contribution in [0.15, 0.2) is 36.4 Å². The summed E-state index contributed by atoms with van der Waals surface area (Å²) in [6.45, 7) is 0. The van der Waals surface area contributed by atoms with Gasteiger partial charge >= 0.3 is 5.97 Å². The number of aromatic nitrogens is 1. The van der Waals surface area contributed by atoms with E-state index < -0.39 is 41.9 Å². The van der Waals surface area contributed by atoms with Crippen LogP contribution in [-0.4, -0.2) is 34.1 Å². The Morgan fingerprint density at radius 1 is 1.21 bits per heavy atom. The predicted octanol–water partition coefficient (Wildman–Crippen LogP) is 3.67. The molecule has 1 aromatic heterocycles. The second kappa shape index (κ2) is 7.94. The summed E-state index contributed by atoms with van der Waals surface area (Å²) >= 11 is 0. The maximum Gasteiger partial charge on any atom is 0.303 e. The van der Waals surface area contributed by atoms with Crippen molar-refractivity contribution in [2.24, 2.45) is 0 Å². The van der Waals surface area contributed by atoms with E-state index in [0.717, 1.165) is 0 Å². The van der Waals surface area contributed by atoms with Gasteiger partial charge in [-0.2, -0.15) is 5.26 Å². The van der Waals surface area contributed by atoms with Gasteiger partial charge in [0.2, 0.25) is 0 Å². The van der Waals surface area contributed by atoms with Gasteiger partial charge in [0.15, 0.2) is 11.5 Å². The van der Waals surface area contributed by atoms with Crippen LogP contribution in [0.5, 0.6) is 11.5 Å². The van der Waals surface area contributed by atoms with Crippen molar-refractivity contribution in [2.45, 2.75) is 12.8 Å². The first-order valence-electron chi connectivity index (χ1n) is 8.52. The molecule has 0 aliphatic heterocycles. The van der Waals surface area contributed by atoms with Gasteiger partial charge in [0.1, 0.15) is 28.9 Å². The number of pyridine rings is 1. The van der Waals surface area contributed by atoms with Crippen molar-refractivity contribution in [1.82, 2.24) is 4.98 Å². The van der Waals surface area contributed by atoms with Gasteiger partial charge in [0.05, 0.1) is 19.0 Å².